The highest BCUT2D eigenvalue weighted by atomic mass is 16.5. The van der Waals surface area contributed by atoms with Crippen LogP contribution in [-0.4, -0.2) is 4.98 Å². The van der Waals surface area contributed by atoms with E-state index in [1.807, 2.05) is 31.2 Å². The Morgan fingerprint density at radius 3 is 2.47 bits per heavy atom. The van der Waals surface area contributed by atoms with Crippen molar-refractivity contribution in [1.82, 2.24) is 4.98 Å². The van der Waals surface area contributed by atoms with E-state index in [1.165, 1.54) is 5.56 Å². The Kier molecular flexibility index (Phi) is 4.53. The first-order chi connectivity index (χ1) is 9.21. The van der Waals surface area contributed by atoms with E-state index in [0.717, 1.165) is 29.8 Å². The number of nitrogens with zero attached hydrogens (tertiary/aromatic N) is 1. The lowest BCUT2D eigenvalue weighted by Crippen LogP contribution is -1.99. The van der Waals surface area contributed by atoms with Crippen LogP contribution in [0.5, 0.6) is 11.6 Å². The third-order valence-electron chi connectivity index (χ3n) is 2.91. The number of aryl methyl sites for hydroxylation is 2. The van der Waals surface area contributed by atoms with Gasteiger partial charge in [-0.15, -0.1) is 0 Å². The van der Waals surface area contributed by atoms with Gasteiger partial charge < -0.3 is 10.5 Å². The van der Waals surface area contributed by atoms with E-state index in [9.17, 15) is 0 Å². The molecule has 0 aliphatic carbocycles. The quantitative estimate of drug-likeness (QED) is 0.889. The molecule has 0 spiro atoms. The monoisotopic (exact) mass is 256 g/mol. The van der Waals surface area contributed by atoms with Gasteiger partial charge in [-0.3, -0.25) is 0 Å². The lowest BCUT2D eigenvalue weighted by atomic mass is 10.1. The predicted octanol–water partition coefficient (Wildman–Crippen LogP) is 3.59. The first-order valence-corrected chi connectivity index (χ1v) is 6.65. The van der Waals surface area contributed by atoms with Gasteiger partial charge in [0.15, 0.2) is 0 Å². The maximum Gasteiger partial charge on any atom is 0.219 e. The van der Waals surface area contributed by atoms with Crippen molar-refractivity contribution in [2.45, 2.75) is 33.2 Å². The van der Waals surface area contributed by atoms with Crippen LogP contribution < -0.4 is 10.5 Å². The molecule has 2 rings (SSSR count). The smallest absolute Gasteiger partial charge is 0.219 e. The summed E-state index contributed by atoms with van der Waals surface area (Å²) in [7, 11) is 0. The van der Waals surface area contributed by atoms with Gasteiger partial charge in [0.25, 0.3) is 0 Å². The van der Waals surface area contributed by atoms with Crippen LogP contribution in [0.25, 0.3) is 0 Å². The standard InChI is InChI=1S/C16H20N2O/c1-3-4-13-5-7-15(8-6-13)19-16-10-14(11-17)9-12(2)18-16/h5-10H,3-4,11,17H2,1-2H3. The van der Waals surface area contributed by atoms with Gasteiger partial charge >= 0.3 is 0 Å². The van der Waals surface area contributed by atoms with Gasteiger partial charge in [0.05, 0.1) is 0 Å². The average molecular weight is 256 g/mol. The SMILES string of the molecule is CCCc1ccc(Oc2cc(CN)cc(C)n2)cc1. The molecule has 0 bridgehead atoms. The van der Waals surface area contributed by atoms with E-state index in [-0.39, 0.29) is 0 Å². The second kappa shape index (κ2) is 6.34. The zero-order valence-electron chi connectivity index (χ0n) is 11.5. The Bertz CT molecular complexity index is 535. The van der Waals surface area contributed by atoms with Crippen LogP contribution >= 0.6 is 0 Å². The summed E-state index contributed by atoms with van der Waals surface area (Å²) in [4.78, 5) is 4.36. The second-order valence-corrected chi connectivity index (χ2v) is 4.66. The van der Waals surface area contributed by atoms with Crippen molar-refractivity contribution in [1.29, 1.82) is 0 Å². The first-order valence-electron chi connectivity index (χ1n) is 6.65. The number of hydrogen-bond donors (Lipinski definition) is 1. The minimum Gasteiger partial charge on any atom is -0.439 e. The first kappa shape index (κ1) is 13.6. The fourth-order valence-electron chi connectivity index (χ4n) is 2.01. The molecule has 0 saturated carbocycles. The number of rotatable bonds is 5. The highest BCUT2D eigenvalue weighted by Crippen LogP contribution is 2.21. The molecule has 1 heterocycles. The predicted molar refractivity (Wildman–Crippen MR) is 77.4 cm³/mol. The number of nitrogens with two attached hydrogens (primary N) is 1. The van der Waals surface area contributed by atoms with E-state index in [1.54, 1.807) is 0 Å². The summed E-state index contributed by atoms with van der Waals surface area (Å²) in [6.07, 6.45) is 2.25. The molecule has 2 aromatic rings. The molecule has 1 aromatic carbocycles. The molecule has 3 nitrogen and oxygen atoms in total. The van der Waals surface area contributed by atoms with Crippen LogP contribution in [0.4, 0.5) is 0 Å². The molecule has 0 aliphatic rings. The molecule has 1 aromatic heterocycles. The summed E-state index contributed by atoms with van der Waals surface area (Å²) < 4.78 is 5.77. The second-order valence-electron chi connectivity index (χ2n) is 4.66. The van der Waals surface area contributed by atoms with Crippen LogP contribution in [0.15, 0.2) is 36.4 Å². The van der Waals surface area contributed by atoms with Crippen molar-refractivity contribution in [3.63, 3.8) is 0 Å². The Morgan fingerprint density at radius 2 is 1.84 bits per heavy atom. The Hall–Kier alpha value is -1.87. The molecule has 100 valence electrons. The lowest BCUT2D eigenvalue weighted by Gasteiger charge is -2.08. The number of benzene rings is 1. The van der Waals surface area contributed by atoms with E-state index < -0.39 is 0 Å². The largest absolute Gasteiger partial charge is 0.439 e. The molecule has 3 heteroatoms. The number of hydrogen-bond acceptors (Lipinski definition) is 3. The van der Waals surface area contributed by atoms with Crippen molar-refractivity contribution in [2.75, 3.05) is 0 Å². The van der Waals surface area contributed by atoms with E-state index >= 15 is 0 Å². The van der Waals surface area contributed by atoms with Gasteiger partial charge in [0, 0.05) is 18.3 Å². The van der Waals surface area contributed by atoms with E-state index in [4.69, 9.17) is 10.5 Å². The molecule has 0 aliphatic heterocycles. The maximum absolute atomic E-state index is 5.77. The highest BCUT2D eigenvalue weighted by Gasteiger charge is 2.02. The Balaban J connectivity index is 2.14. The summed E-state index contributed by atoms with van der Waals surface area (Å²) in [5, 5.41) is 0. The molecular formula is C16H20N2O. The van der Waals surface area contributed by atoms with Gasteiger partial charge in [-0.1, -0.05) is 25.5 Å². The molecular weight excluding hydrogens is 236 g/mol. The summed E-state index contributed by atoms with van der Waals surface area (Å²) in [6.45, 7) is 4.61. The topological polar surface area (TPSA) is 48.1 Å². The minimum atomic E-state index is 0.495. The Morgan fingerprint density at radius 1 is 1.11 bits per heavy atom. The average Bonchev–Trinajstić information content (AvgIpc) is 2.40. The molecule has 19 heavy (non-hydrogen) atoms. The third-order valence-corrected chi connectivity index (χ3v) is 2.91. The van der Waals surface area contributed by atoms with Crippen LogP contribution in [0, 0.1) is 6.92 Å². The minimum absolute atomic E-state index is 0.495. The summed E-state index contributed by atoms with van der Waals surface area (Å²) in [5.41, 5.74) is 8.93. The van der Waals surface area contributed by atoms with Gasteiger partial charge in [-0.05, 0) is 42.7 Å². The van der Waals surface area contributed by atoms with Crippen molar-refractivity contribution in [2.24, 2.45) is 5.73 Å². The zero-order chi connectivity index (χ0) is 13.7. The van der Waals surface area contributed by atoms with Gasteiger partial charge in [0.2, 0.25) is 5.88 Å². The number of ether oxygens (including phenoxy) is 1. The molecule has 0 saturated heterocycles. The van der Waals surface area contributed by atoms with Crippen molar-refractivity contribution in [3.8, 4) is 11.6 Å². The fraction of sp³-hybridized carbons (Fsp3) is 0.312. The molecule has 0 radical (unpaired) electrons. The van der Waals surface area contributed by atoms with Crippen molar-refractivity contribution in [3.05, 3.63) is 53.2 Å². The molecule has 0 fully saturated rings. The normalized spacial score (nSPS) is 10.5. The van der Waals surface area contributed by atoms with Crippen LogP contribution in [0.1, 0.15) is 30.2 Å². The third kappa shape index (κ3) is 3.80. The number of pyridine rings is 1. The summed E-state index contributed by atoms with van der Waals surface area (Å²) >= 11 is 0. The lowest BCUT2D eigenvalue weighted by molar-refractivity contribution is 0.460. The molecule has 0 amide bonds. The van der Waals surface area contributed by atoms with Crippen LogP contribution in [0.3, 0.4) is 0 Å². The van der Waals surface area contributed by atoms with Crippen molar-refractivity contribution >= 4 is 0 Å². The van der Waals surface area contributed by atoms with E-state index in [0.29, 0.717) is 12.4 Å². The van der Waals surface area contributed by atoms with Crippen molar-refractivity contribution < 1.29 is 4.74 Å². The molecule has 0 atom stereocenters. The van der Waals surface area contributed by atoms with Crippen LogP contribution in [0.2, 0.25) is 0 Å². The molecule has 2 N–H and O–H groups in total. The van der Waals surface area contributed by atoms with E-state index in [2.05, 4.69) is 24.0 Å². The van der Waals surface area contributed by atoms with Crippen LogP contribution in [-0.2, 0) is 13.0 Å². The van der Waals surface area contributed by atoms with Gasteiger partial charge in [0.1, 0.15) is 5.75 Å². The number of aromatic nitrogens is 1. The maximum atomic E-state index is 5.77. The Labute approximate surface area is 114 Å². The van der Waals surface area contributed by atoms with Gasteiger partial charge in [-0.2, -0.15) is 0 Å². The fourth-order valence-corrected chi connectivity index (χ4v) is 2.01. The summed E-state index contributed by atoms with van der Waals surface area (Å²) in [6, 6.07) is 12.0. The molecule has 0 unspecified atom stereocenters. The highest BCUT2D eigenvalue weighted by molar-refractivity contribution is 5.32. The zero-order valence-corrected chi connectivity index (χ0v) is 11.5. The summed E-state index contributed by atoms with van der Waals surface area (Å²) in [5.74, 6) is 1.41. The van der Waals surface area contributed by atoms with Gasteiger partial charge in [-0.25, -0.2) is 4.98 Å².